The number of imidazole rings is 1. The second-order valence-corrected chi connectivity index (χ2v) is 7.99. The fourth-order valence-corrected chi connectivity index (χ4v) is 4.06. The summed E-state index contributed by atoms with van der Waals surface area (Å²) >= 11 is 0. The van der Waals surface area contributed by atoms with Crippen LogP contribution in [-0.4, -0.2) is 56.7 Å². The van der Waals surface area contributed by atoms with Gasteiger partial charge in [0.2, 0.25) is 5.88 Å². The highest BCUT2D eigenvalue weighted by Gasteiger charge is 2.31. The molecule has 0 amide bonds. The molecule has 1 aromatic carbocycles. The summed E-state index contributed by atoms with van der Waals surface area (Å²) in [7, 11) is 0. The van der Waals surface area contributed by atoms with Crippen molar-refractivity contribution < 1.29 is 27.8 Å². The molecule has 1 atom stereocenters. The van der Waals surface area contributed by atoms with Gasteiger partial charge < -0.3 is 19.5 Å². The highest BCUT2D eigenvalue weighted by molar-refractivity contribution is 5.42. The number of benzene rings is 1. The van der Waals surface area contributed by atoms with E-state index in [9.17, 15) is 23.1 Å². The van der Waals surface area contributed by atoms with E-state index in [4.69, 9.17) is 4.74 Å². The molecule has 1 aliphatic heterocycles. The molecule has 1 aliphatic rings. The van der Waals surface area contributed by atoms with E-state index in [2.05, 4.69) is 14.6 Å². The minimum atomic E-state index is -4.83. The Morgan fingerprint density at radius 3 is 2.35 bits per heavy atom. The Balaban J connectivity index is 1.66. The molecule has 3 aromatic rings. The first-order valence-corrected chi connectivity index (χ1v) is 10.9. The van der Waals surface area contributed by atoms with Crippen molar-refractivity contribution in [2.75, 3.05) is 26.2 Å². The van der Waals surface area contributed by atoms with E-state index in [0.717, 1.165) is 42.6 Å². The predicted molar refractivity (Wildman–Crippen MR) is 117 cm³/mol. The summed E-state index contributed by atoms with van der Waals surface area (Å²) in [5.74, 6) is -0.767. The van der Waals surface area contributed by atoms with Crippen LogP contribution in [0.3, 0.4) is 0 Å². The van der Waals surface area contributed by atoms with E-state index in [1.165, 1.54) is 16.7 Å². The summed E-state index contributed by atoms with van der Waals surface area (Å²) in [6, 6.07) is 8.14. The van der Waals surface area contributed by atoms with E-state index >= 15 is 0 Å². The van der Waals surface area contributed by atoms with Gasteiger partial charge in [0.1, 0.15) is 5.75 Å². The SMILES string of the molecule is Cc1c(O)n(-c2ccc(OC(F)(F)F)cc2)c(=O)n1C(OCCN1CCCC1)c1ccncc1. The number of rotatable bonds is 8. The number of hydrogen-bond donors (Lipinski definition) is 1. The lowest BCUT2D eigenvalue weighted by atomic mass is 10.2. The molecule has 8 nitrogen and oxygen atoms in total. The van der Waals surface area contributed by atoms with Crippen molar-refractivity contribution >= 4 is 0 Å². The fourth-order valence-electron chi connectivity index (χ4n) is 4.06. The molecule has 34 heavy (non-hydrogen) atoms. The van der Waals surface area contributed by atoms with Crippen molar-refractivity contribution in [2.45, 2.75) is 32.4 Å². The molecule has 0 radical (unpaired) electrons. The largest absolute Gasteiger partial charge is 0.573 e. The number of likely N-dealkylation sites (tertiary alicyclic amines) is 1. The average Bonchev–Trinajstić information content (AvgIpc) is 3.39. The molecule has 1 unspecified atom stereocenters. The lowest BCUT2D eigenvalue weighted by Gasteiger charge is -2.22. The Bertz CT molecular complexity index is 1150. The van der Waals surface area contributed by atoms with Crippen molar-refractivity contribution in [3.63, 3.8) is 0 Å². The van der Waals surface area contributed by atoms with Gasteiger partial charge in [-0.2, -0.15) is 0 Å². The molecule has 1 saturated heterocycles. The van der Waals surface area contributed by atoms with Gasteiger partial charge in [-0.1, -0.05) is 0 Å². The quantitative estimate of drug-likeness (QED) is 0.533. The Labute approximate surface area is 193 Å². The zero-order valence-corrected chi connectivity index (χ0v) is 18.5. The molecule has 0 bridgehead atoms. The van der Waals surface area contributed by atoms with Crippen molar-refractivity contribution in [1.82, 2.24) is 19.0 Å². The topological polar surface area (TPSA) is 81.8 Å². The van der Waals surface area contributed by atoms with Crippen LogP contribution in [0, 0.1) is 6.92 Å². The van der Waals surface area contributed by atoms with Crippen LogP contribution in [0.25, 0.3) is 5.69 Å². The average molecular weight is 478 g/mol. The molecule has 0 spiro atoms. The maximum Gasteiger partial charge on any atom is 0.573 e. The Hall–Kier alpha value is -3.31. The zero-order chi connectivity index (χ0) is 24.3. The molecular formula is C23H25F3N4O4. The summed E-state index contributed by atoms with van der Waals surface area (Å²) < 4.78 is 49.7. The summed E-state index contributed by atoms with van der Waals surface area (Å²) in [6.45, 7) is 4.67. The molecule has 1 N–H and O–H groups in total. The first-order chi connectivity index (χ1) is 16.2. The lowest BCUT2D eigenvalue weighted by Crippen LogP contribution is -2.32. The zero-order valence-electron chi connectivity index (χ0n) is 18.5. The molecule has 1 fully saturated rings. The maximum absolute atomic E-state index is 13.4. The van der Waals surface area contributed by atoms with Crippen LogP contribution in [-0.2, 0) is 4.74 Å². The van der Waals surface area contributed by atoms with Crippen molar-refractivity contribution in [3.05, 3.63) is 70.5 Å². The van der Waals surface area contributed by atoms with Gasteiger partial charge in [-0.15, -0.1) is 13.2 Å². The second-order valence-electron chi connectivity index (χ2n) is 7.99. The normalized spacial score (nSPS) is 15.5. The predicted octanol–water partition coefficient (Wildman–Crippen LogP) is 3.61. The van der Waals surface area contributed by atoms with Gasteiger partial charge in [-0.05, 0) is 69.3 Å². The van der Waals surface area contributed by atoms with Crippen molar-refractivity contribution in [2.24, 2.45) is 0 Å². The Kier molecular flexibility index (Phi) is 6.94. The Morgan fingerprint density at radius 1 is 1.09 bits per heavy atom. The third-order valence-electron chi connectivity index (χ3n) is 5.73. The van der Waals surface area contributed by atoms with Gasteiger partial charge in [-0.3, -0.25) is 9.55 Å². The Morgan fingerprint density at radius 2 is 1.74 bits per heavy atom. The fraction of sp³-hybridized carbons (Fsp3) is 0.391. The van der Waals surface area contributed by atoms with Crippen LogP contribution in [0.2, 0.25) is 0 Å². The molecule has 182 valence electrons. The van der Waals surface area contributed by atoms with Crippen LogP contribution >= 0.6 is 0 Å². The van der Waals surface area contributed by atoms with E-state index in [1.807, 2.05) is 0 Å². The van der Waals surface area contributed by atoms with Gasteiger partial charge in [0.25, 0.3) is 0 Å². The number of aromatic nitrogens is 3. The number of pyridine rings is 1. The van der Waals surface area contributed by atoms with Gasteiger partial charge >= 0.3 is 12.1 Å². The van der Waals surface area contributed by atoms with Crippen LogP contribution in [0.15, 0.2) is 53.6 Å². The molecule has 4 rings (SSSR count). The van der Waals surface area contributed by atoms with Crippen LogP contribution in [0.1, 0.15) is 30.3 Å². The van der Waals surface area contributed by atoms with Crippen LogP contribution < -0.4 is 10.4 Å². The summed E-state index contributed by atoms with van der Waals surface area (Å²) in [4.78, 5) is 19.7. The van der Waals surface area contributed by atoms with E-state index < -0.39 is 24.0 Å². The van der Waals surface area contributed by atoms with Gasteiger partial charge in [0, 0.05) is 24.5 Å². The van der Waals surface area contributed by atoms with E-state index in [1.54, 1.807) is 31.5 Å². The monoisotopic (exact) mass is 478 g/mol. The van der Waals surface area contributed by atoms with Crippen LogP contribution in [0.5, 0.6) is 11.6 Å². The van der Waals surface area contributed by atoms with Gasteiger partial charge in [0.05, 0.1) is 18.0 Å². The number of nitrogens with zero attached hydrogens (tertiary/aromatic N) is 4. The number of ether oxygens (including phenoxy) is 2. The minimum Gasteiger partial charge on any atom is -0.493 e. The highest BCUT2D eigenvalue weighted by atomic mass is 19.4. The van der Waals surface area contributed by atoms with Gasteiger partial charge in [-0.25, -0.2) is 9.36 Å². The number of halogens is 3. The molecule has 2 aromatic heterocycles. The first kappa shape index (κ1) is 23.8. The number of hydrogen-bond acceptors (Lipinski definition) is 6. The molecule has 0 saturated carbocycles. The van der Waals surface area contributed by atoms with Gasteiger partial charge in [0.15, 0.2) is 6.23 Å². The minimum absolute atomic E-state index is 0.185. The summed E-state index contributed by atoms with van der Waals surface area (Å²) in [5.41, 5.74) is 0.517. The first-order valence-electron chi connectivity index (χ1n) is 10.9. The smallest absolute Gasteiger partial charge is 0.493 e. The molecule has 11 heteroatoms. The second kappa shape index (κ2) is 9.90. The summed E-state index contributed by atoms with van der Waals surface area (Å²) in [6.07, 6.45) is -0.180. The number of aromatic hydroxyl groups is 1. The van der Waals surface area contributed by atoms with Crippen molar-refractivity contribution in [1.29, 1.82) is 0 Å². The highest BCUT2D eigenvalue weighted by Crippen LogP contribution is 2.28. The van der Waals surface area contributed by atoms with E-state index in [0.29, 0.717) is 18.7 Å². The lowest BCUT2D eigenvalue weighted by molar-refractivity contribution is -0.274. The van der Waals surface area contributed by atoms with E-state index in [-0.39, 0.29) is 17.3 Å². The van der Waals surface area contributed by atoms with Crippen LogP contribution in [0.4, 0.5) is 13.2 Å². The molecule has 3 heterocycles. The third kappa shape index (κ3) is 5.26. The van der Waals surface area contributed by atoms with Crippen molar-refractivity contribution in [3.8, 4) is 17.3 Å². The third-order valence-corrected chi connectivity index (χ3v) is 5.73. The maximum atomic E-state index is 13.4. The standard InChI is InChI=1S/C23H25F3N4O4/c1-16-20(31)30(18-4-6-19(7-5-18)34-23(24,25)26)22(32)29(16)21(17-8-10-27-11-9-17)33-15-14-28-12-2-3-13-28/h4-11,21,31H,2-3,12-15H2,1H3. The summed E-state index contributed by atoms with van der Waals surface area (Å²) in [5, 5.41) is 10.8. The molecule has 0 aliphatic carbocycles. The molecular weight excluding hydrogens is 453 g/mol. The number of alkyl halides is 3.